The molecule has 6 rings (SSSR count). The van der Waals surface area contributed by atoms with Crippen molar-refractivity contribution < 1.29 is 40.8 Å². The summed E-state index contributed by atoms with van der Waals surface area (Å²) in [6.07, 6.45) is 0. The van der Waals surface area contributed by atoms with Crippen molar-refractivity contribution in [2.24, 2.45) is 5.73 Å². The number of urea groups is 2. The predicted octanol–water partition coefficient (Wildman–Crippen LogP) is 4.01. The van der Waals surface area contributed by atoms with Crippen LogP contribution < -0.4 is 5.73 Å². The highest BCUT2D eigenvalue weighted by Crippen LogP contribution is 2.18. The van der Waals surface area contributed by atoms with E-state index in [1.54, 1.807) is 56.0 Å². The third-order valence-electron chi connectivity index (χ3n) is 9.79. The topological polar surface area (TPSA) is 185 Å². The summed E-state index contributed by atoms with van der Waals surface area (Å²) >= 11 is 0. The molecule has 0 radical (unpaired) electrons. The number of nitrogens with two attached hydrogens (primary N) is 1. The Labute approximate surface area is 340 Å². The molecular formula is C42H49N5O9S2. The van der Waals surface area contributed by atoms with Crippen LogP contribution in [-0.4, -0.2) is 123 Å². The smallest absolute Gasteiger partial charge is 0.337 e. The van der Waals surface area contributed by atoms with Crippen molar-refractivity contribution in [2.75, 3.05) is 62.8 Å². The molecule has 2 aliphatic rings. The van der Waals surface area contributed by atoms with E-state index >= 15 is 0 Å². The summed E-state index contributed by atoms with van der Waals surface area (Å²) in [4.78, 5) is 56.2. The molecule has 16 heteroatoms. The number of rotatable bonds is 11. The first-order chi connectivity index (χ1) is 27.8. The highest BCUT2D eigenvalue weighted by molar-refractivity contribution is 7.91. The van der Waals surface area contributed by atoms with Crippen LogP contribution in [0.2, 0.25) is 0 Å². The van der Waals surface area contributed by atoms with Crippen LogP contribution in [-0.2, 0) is 50.6 Å². The molecule has 14 nitrogen and oxygen atoms in total. The first-order valence-electron chi connectivity index (χ1n) is 18.8. The van der Waals surface area contributed by atoms with Crippen LogP contribution >= 0.6 is 0 Å². The van der Waals surface area contributed by atoms with Gasteiger partial charge in [-0.2, -0.15) is 0 Å². The molecule has 0 aromatic heterocycles. The quantitative estimate of drug-likeness (QED) is 0.171. The van der Waals surface area contributed by atoms with Crippen molar-refractivity contribution in [3.8, 4) is 0 Å². The minimum Gasteiger partial charge on any atom is -0.465 e. The maximum Gasteiger partial charge on any atom is 0.337 e. The van der Waals surface area contributed by atoms with Gasteiger partial charge in [-0.3, -0.25) is 4.79 Å². The van der Waals surface area contributed by atoms with E-state index in [0.29, 0.717) is 37.3 Å². The minimum absolute atomic E-state index is 0.00614. The van der Waals surface area contributed by atoms with Gasteiger partial charge in [0.2, 0.25) is 0 Å². The van der Waals surface area contributed by atoms with E-state index in [-0.39, 0.29) is 73.6 Å². The number of ketones is 1. The van der Waals surface area contributed by atoms with Gasteiger partial charge in [-0.05, 0) is 34.4 Å². The van der Waals surface area contributed by atoms with Crippen molar-refractivity contribution in [1.29, 1.82) is 0 Å². The molecule has 4 aromatic rings. The van der Waals surface area contributed by atoms with Crippen LogP contribution in [0.25, 0.3) is 0 Å². The van der Waals surface area contributed by atoms with Crippen LogP contribution in [0.1, 0.15) is 43.0 Å². The van der Waals surface area contributed by atoms with Gasteiger partial charge < -0.3 is 30.1 Å². The van der Waals surface area contributed by atoms with Crippen LogP contribution in [0.4, 0.5) is 9.59 Å². The Bertz CT molecular complexity index is 2050. The van der Waals surface area contributed by atoms with Gasteiger partial charge in [-0.1, -0.05) is 97.1 Å². The van der Waals surface area contributed by atoms with E-state index in [4.69, 9.17) is 10.5 Å². The Kier molecular flexibility index (Phi) is 15.2. The minimum atomic E-state index is -3.06. The number of benzene rings is 4. The number of nitrogens with zero attached hydrogens (tertiary/aromatic N) is 4. The van der Waals surface area contributed by atoms with E-state index in [2.05, 4.69) is 0 Å². The molecular weight excluding hydrogens is 783 g/mol. The van der Waals surface area contributed by atoms with Crippen LogP contribution in [0.15, 0.2) is 109 Å². The van der Waals surface area contributed by atoms with Gasteiger partial charge >= 0.3 is 18.0 Å². The number of amides is 4. The lowest BCUT2D eigenvalue weighted by Gasteiger charge is -2.33. The number of methoxy groups -OCH3 is 1. The molecule has 4 aromatic carbocycles. The maximum absolute atomic E-state index is 13.1. The molecule has 0 atom stereocenters. The van der Waals surface area contributed by atoms with Crippen LogP contribution in [0.3, 0.4) is 0 Å². The zero-order valence-corrected chi connectivity index (χ0v) is 34.1. The Hall–Kier alpha value is -5.58. The Balaban J connectivity index is 0.000000221. The second-order valence-electron chi connectivity index (χ2n) is 14.0. The van der Waals surface area contributed by atoms with E-state index < -0.39 is 25.6 Å². The number of hydrogen-bond acceptors (Lipinski definition) is 10. The molecule has 58 heavy (non-hydrogen) atoms. The monoisotopic (exact) mass is 831 g/mol. The second-order valence-corrected chi connectivity index (χ2v) is 18.6. The second kappa shape index (κ2) is 20.2. The number of hydrogen-bond donors (Lipinski definition) is 1. The summed E-state index contributed by atoms with van der Waals surface area (Å²) in [5.74, 6) is -0.578. The van der Waals surface area contributed by atoms with E-state index in [0.717, 1.165) is 22.3 Å². The van der Waals surface area contributed by atoms with Crippen molar-refractivity contribution in [1.82, 2.24) is 19.6 Å². The van der Waals surface area contributed by atoms with Crippen molar-refractivity contribution in [2.45, 2.75) is 26.2 Å². The molecule has 0 unspecified atom stereocenters. The fourth-order valence-electron chi connectivity index (χ4n) is 6.42. The SMILES string of the molecule is COC(=O)c1ccc(CN(Cc2ccccc2)C(=O)N2CCS(=O)(=O)CC2)cc1.NCC(=O)c1ccc(CN(Cc2ccccc2)C(=O)N2CCS(=O)(=O)CC2)cc1. The standard InChI is InChI=1S/C21H25N3O4S.C21H24N2O5S/c22-14-20(25)19-8-6-18(7-9-19)16-24(15-17-4-2-1-3-5-17)21(26)23-10-12-29(27,28)13-11-23;1-28-20(24)19-9-7-18(8-10-19)16-23(15-17-5-3-2-4-6-17)21(25)22-11-13-29(26,27)14-12-22/h1-9H,10-16,22H2;2-10H,11-16H2,1H3. The summed E-state index contributed by atoms with van der Waals surface area (Å²) in [5, 5.41) is 0. The molecule has 2 heterocycles. The fourth-order valence-corrected chi connectivity index (χ4v) is 8.82. The molecule has 2 fully saturated rings. The summed E-state index contributed by atoms with van der Waals surface area (Å²) in [5.41, 5.74) is 10.1. The summed E-state index contributed by atoms with van der Waals surface area (Å²) < 4.78 is 51.5. The number of ether oxygens (including phenoxy) is 1. The Morgan fingerprint density at radius 1 is 0.534 bits per heavy atom. The normalized spacial score (nSPS) is 15.6. The van der Waals surface area contributed by atoms with Gasteiger partial charge in [0, 0.05) is 57.9 Å². The van der Waals surface area contributed by atoms with E-state index in [1.165, 1.54) is 7.11 Å². The Morgan fingerprint density at radius 2 is 0.862 bits per heavy atom. The largest absolute Gasteiger partial charge is 0.465 e. The number of carbonyl (C=O) groups excluding carboxylic acids is 4. The average Bonchev–Trinajstić information content (AvgIpc) is 3.23. The lowest BCUT2D eigenvalue weighted by molar-refractivity contribution is 0.0600. The first-order valence-corrected chi connectivity index (χ1v) is 22.5. The predicted molar refractivity (Wildman–Crippen MR) is 220 cm³/mol. The van der Waals surface area contributed by atoms with Crippen LogP contribution in [0.5, 0.6) is 0 Å². The third-order valence-corrected chi connectivity index (χ3v) is 13.0. The number of esters is 1. The van der Waals surface area contributed by atoms with Crippen molar-refractivity contribution >= 4 is 43.5 Å². The molecule has 0 saturated carbocycles. The number of carbonyl (C=O) groups is 4. The molecule has 308 valence electrons. The number of Topliss-reactive ketones (excluding diaryl/α,β-unsaturated/α-hetero) is 1. The maximum atomic E-state index is 13.1. The summed E-state index contributed by atoms with van der Waals surface area (Å²) in [6.45, 7) is 2.28. The summed E-state index contributed by atoms with van der Waals surface area (Å²) in [6, 6.07) is 32.9. The van der Waals surface area contributed by atoms with E-state index in [1.807, 2.05) is 72.8 Å². The molecule has 0 bridgehead atoms. The zero-order chi connectivity index (χ0) is 41.7. The summed E-state index contributed by atoms with van der Waals surface area (Å²) in [7, 11) is -4.80. The zero-order valence-electron chi connectivity index (χ0n) is 32.4. The Morgan fingerprint density at radius 3 is 1.19 bits per heavy atom. The molecule has 2 aliphatic heterocycles. The molecule has 4 amide bonds. The van der Waals surface area contributed by atoms with Gasteiger partial charge in [-0.15, -0.1) is 0 Å². The molecule has 2 saturated heterocycles. The molecule has 0 spiro atoms. The molecule has 0 aliphatic carbocycles. The fraction of sp³-hybridized carbons (Fsp3) is 0.333. The third kappa shape index (κ3) is 12.7. The van der Waals surface area contributed by atoms with E-state index in [9.17, 15) is 36.0 Å². The number of sulfone groups is 2. The average molecular weight is 832 g/mol. The first kappa shape index (κ1) is 43.5. The van der Waals surface area contributed by atoms with Crippen molar-refractivity contribution in [3.05, 3.63) is 143 Å². The van der Waals surface area contributed by atoms with Gasteiger partial charge in [-0.25, -0.2) is 31.2 Å². The lowest BCUT2D eigenvalue weighted by atomic mass is 10.1. The van der Waals surface area contributed by atoms with Crippen molar-refractivity contribution in [3.63, 3.8) is 0 Å². The van der Waals surface area contributed by atoms with Gasteiger partial charge in [0.15, 0.2) is 25.5 Å². The lowest BCUT2D eigenvalue weighted by Crippen LogP contribution is -2.49. The van der Waals surface area contributed by atoms with Gasteiger partial charge in [0.25, 0.3) is 0 Å². The van der Waals surface area contributed by atoms with Crippen LogP contribution in [0, 0.1) is 0 Å². The van der Waals surface area contributed by atoms with Gasteiger partial charge in [0.05, 0.1) is 42.2 Å². The molecule has 2 N–H and O–H groups in total. The van der Waals surface area contributed by atoms with Gasteiger partial charge in [0.1, 0.15) is 0 Å². The highest BCUT2D eigenvalue weighted by atomic mass is 32.2. The highest BCUT2D eigenvalue weighted by Gasteiger charge is 2.30.